The number of aliphatic hydroxyl groups is 1. The van der Waals surface area contributed by atoms with Gasteiger partial charge in [-0.2, -0.15) is 10.2 Å². The Morgan fingerprint density at radius 3 is 2.96 bits per heavy atom. The molecule has 0 aliphatic rings. The standard InChI is InChI=1S/C20H19N7O/c1-13(14-2-3-17-18(8-14)23-12-22-17)19-10-21-20-5-4-16(25-27(19)20)15-9-24-26(11-15)6-7-28/h2-5,8-13,28H,6-7H2,1H3,(H,22,23)/t13-/m0/s1. The average molecular weight is 373 g/mol. The lowest BCUT2D eigenvalue weighted by Crippen LogP contribution is -2.04. The Hall–Kier alpha value is -3.52. The number of aliphatic hydroxyl groups excluding tert-OH is 1. The molecule has 0 saturated carbocycles. The fourth-order valence-corrected chi connectivity index (χ4v) is 3.45. The molecule has 1 atom stereocenters. The van der Waals surface area contributed by atoms with Crippen LogP contribution in [0.5, 0.6) is 0 Å². The fourth-order valence-electron chi connectivity index (χ4n) is 3.45. The normalized spacial score (nSPS) is 12.8. The summed E-state index contributed by atoms with van der Waals surface area (Å²) >= 11 is 0. The Labute approximate surface area is 160 Å². The van der Waals surface area contributed by atoms with Crippen LogP contribution >= 0.6 is 0 Å². The van der Waals surface area contributed by atoms with E-state index in [0.717, 1.165) is 33.6 Å². The number of rotatable bonds is 5. The van der Waals surface area contributed by atoms with Crippen LogP contribution in [-0.2, 0) is 6.54 Å². The van der Waals surface area contributed by atoms with Gasteiger partial charge in [0, 0.05) is 17.7 Å². The van der Waals surface area contributed by atoms with Crippen LogP contribution in [0.1, 0.15) is 24.1 Å². The first-order valence-corrected chi connectivity index (χ1v) is 9.14. The highest BCUT2D eigenvalue weighted by Crippen LogP contribution is 2.27. The first-order valence-electron chi connectivity index (χ1n) is 9.14. The van der Waals surface area contributed by atoms with Crippen molar-refractivity contribution in [2.24, 2.45) is 0 Å². The molecule has 4 aromatic heterocycles. The minimum atomic E-state index is 0.0530. The Bertz CT molecular complexity index is 1270. The molecule has 5 aromatic rings. The molecule has 0 aliphatic carbocycles. The van der Waals surface area contributed by atoms with Gasteiger partial charge >= 0.3 is 0 Å². The van der Waals surface area contributed by atoms with E-state index in [1.54, 1.807) is 17.2 Å². The molecule has 0 amide bonds. The molecule has 1 aromatic carbocycles. The van der Waals surface area contributed by atoms with E-state index >= 15 is 0 Å². The molecule has 0 bridgehead atoms. The third-order valence-electron chi connectivity index (χ3n) is 5.03. The number of nitrogens with zero attached hydrogens (tertiary/aromatic N) is 6. The van der Waals surface area contributed by atoms with Crippen molar-refractivity contribution in [3.63, 3.8) is 0 Å². The first-order chi connectivity index (χ1) is 13.7. The molecule has 0 unspecified atom stereocenters. The molecule has 5 rings (SSSR count). The number of aromatic nitrogens is 7. The summed E-state index contributed by atoms with van der Waals surface area (Å²) in [4.78, 5) is 12.0. The molecular weight excluding hydrogens is 354 g/mol. The number of nitrogens with one attached hydrogen (secondary N) is 1. The van der Waals surface area contributed by atoms with E-state index in [0.29, 0.717) is 6.54 Å². The second kappa shape index (κ2) is 6.58. The summed E-state index contributed by atoms with van der Waals surface area (Å²) < 4.78 is 3.60. The summed E-state index contributed by atoms with van der Waals surface area (Å²) in [5.74, 6) is 0.113. The van der Waals surface area contributed by atoms with Gasteiger partial charge in [0.2, 0.25) is 0 Å². The molecular formula is C20H19N7O. The SMILES string of the molecule is C[C@@H](c1ccc2nc[nH]c2c1)c1cnc2ccc(-c3cnn(CCO)c3)nn12. The molecule has 0 spiro atoms. The smallest absolute Gasteiger partial charge is 0.153 e. The van der Waals surface area contributed by atoms with Gasteiger partial charge in [-0.25, -0.2) is 14.5 Å². The number of H-pyrrole nitrogens is 1. The van der Waals surface area contributed by atoms with Crippen molar-refractivity contribution in [1.82, 2.24) is 34.3 Å². The third-order valence-corrected chi connectivity index (χ3v) is 5.03. The van der Waals surface area contributed by atoms with Gasteiger partial charge in [0.05, 0.1) is 54.3 Å². The van der Waals surface area contributed by atoms with Crippen molar-refractivity contribution in [3.05, 3.63) is 66.5 Å². The van der Waals surface area contributed by atoms with Crippen LogP contribution in [0.3, 0.4) is 0 Å². The molecule has 2 N–H and O–H groups in total. The second-order valence-electron chi connectivity index (χ2n) is 6.79. The molecule has 8 nitrogen and oxygen atoms in total. The predicted octanol–water partition coefficient (Wildman–Crippen LogP) is 2.61. The average Bonchev–Trinajstić information content (AvgIpc) is 3.45. The van der Waals surface area contributed by atoms with Crippen LogP contribution in [0, 0.1) is 0 Å². The zero-order chi connectivity index (χ0) is 19.1. The Kier molecular flexibility index (Phi) is 3.91. The topological polar surface area (TPSA) is 96.9 Å². The summed E-state index contributed by atoms with van der Waals surface area (Å²) in [6.45, 7) is 2.66. The third kappa shape index (κ3) is 2.74. The number of fused-ring (bicyclic) bond motifs is 2. The van der Waals surface area contributed by atoms with Gasteiger partial charge in [-0.1, -0.05) is 13.0 Å². The number of hydrogen-bond acceptors (Lipinski definition) is 5. The van der Waals surface area contributed by atoms with E-state index in [1.807, 2.05) is 35.1 Å². The maximum atomic E-state index is 9.08. The van der Waals surface area contributed by atoms with Gasteiger partial charge in [0.25, 0.3) is 0 Å². The van der Waals surface area contributed by atoms with Gasteiger partial charge in [-0.3, -0.25) is 4.68 Å². The zero-order valence-electron chi connectivity index (χ0n) is 15.3. The van der Waals surface area contributed by atoms with Crippen LogP contribution in [-0.4, -0.2) is 46.1 Å². The van der Waals surface area contributed by atoms with Crippen LogP contribution in [0.25, 0.3) is 27.9 Å². The lowest BCUT2D eigenvalue weighted by Gasteiger charge is -2.12. The first kappa shape index (κ1) is 16.6. The molecule has 4 heterocycles. The lowest BCUT2D eigenvalue weighted by atomic mass is 9.98. The second-order valence-corrected chi connectivity index (χ2v) is 6.79. The fraction of sp³-hybridized carbons (Fsp3) is 0.200. The minimum Gasteiger partial charge on any atom is -0.394 e. The highest BCUT2D eigenvalue weighted by atomic mass is 16.3. The lowest BCUT2D eigenvalue weighted by molar-refractivity contribution is 0.269. The summed E-state index contributed by atoms with van der Waals surface area (Å²) in [5.41, 5.74) is 6.67. The molecule has 0 radical (unpaired) electrons. The maximum Gasteiger partial charge on any atom is 0.153 e. The minimum absolute atomic E-state index is 0.0530. The van der Waals surface area contributed by atoms with Crippen LogP contribution in [0.15, 0.2) is 55.2 Å². The Morgan fingerprint density at radius 1 is 1.14 bits per heavy atom. The van der Waals surface area contributed by atoms with E-state index in [-0.39, 0.29) is 12.5 Å². The van der Waals surface area contributed by atoms with E-state index in [9.17, 15) is 0 Å². The summed E-state index contributed by atoms with van der Waals surface area (Å²) in [5, 5.41) is 18.1. The van der Waals surface area contributed by atoms with Crippen molar-refractivity contribution in [1.29, 1.82) is 0 Å². The zero-order valence-corrected chi connectivity index (χ0v) is 15.3. The monoisotopic (exact) mass is 373 g/mol. The van der Waals surface area contributed by atoms with E-state index in [1.165, 1.54) is 5.56 Å². The molecule has 8 heteroatoms. The van der Waals surface area contributed by atoms with Gasteiger partial charge in [-0.15, -0.1) is 0 Å². The number of imidazole rings is 2. The van der Waals surface area contributed by atoms with Crippen LogP contribution in [0.2, 0.25) is 0 Å². The molecule has 28 heavy (non-hydrogen) atoms. The Balaban J connectivity index is 1.55. The van der Waals surface area contributed by atoms with Crippen LogP contribution < -0.4 is 0 Å². The Morgan fingerprint density at radius 2 is 2.07 bits per heavy atom. The van der Waals surface area contributed by atoms with Crippen LogP contribution in [0.4, 0.5) is 0 Å². The number of benzene rings is 1. The van der Waals surface area contributed by atoms with E-state index in [4.69, 9.17) is 10.2 Å². The van der Waals surface area contributed by atoms with Crippen molar-refractivity contribution in [2.75, 3.05) is 6.61 Å². The van der Waals surface area contributed by atoms with Crippen molar-refractivity contribution in [2.45, 2.75) is 19.4 Å². The maximum absolute atomic E-state index is 9.08. The highest BCUT2D eigenvalue weighted by Gasteiger charge is 2.16. The largest absolute Gasteiger partial charge is 0.394 e. The number of hydrogen-bond donors (Lipinski definition) is 2. The van der Waals surface area contributed by atoms with Gasteiger partial charge in [0.15, 0.2) is 5.65 Å². The molecule has 0 fully saturated rings. The van der Waals surface area contributed by atoms with Gasteiger partial charge in [-0.05, 0) is 29.8 Å². The number of aromatic amines is 1. The molecule has 0 saturated heterocycles. The van der Waals surface area contributed by atoms with E-state index < -0.39 is 0 Å². The van der Waals surface area contributed by atoms with Crippen molar-refractivity contribution < 1.29 is 5.11 Å². The van der Waals surface area contributed by atoms with Crippen molar-refractivity contribution in [3.8, 4) is 11.3 Å². The molecule has 0 aliphatic heterocycles. The van der Waals surface area contributed by atoms with Crippen molar-refractivity contribution >= 4 is 16.7 Å². The van der Waals surface area contributed by atoms with E-state index in [2.05, 4.69) is 39.1 Å². The predicted molar refractivity (Wildman–Crippen MR) is 105 cm³/mol. The molecule has 140 valence electrons. The highest BCUT2D eigenvalue weighted by molar-refractivity contribution is 5.75. The summed E-state index contributed by atoms with van der Waals surface area (Å²) in [6.07, 6.45) is 7.23. The van der Waals surface area contributed by atoms with Gasteiger partial charge in [0.1, 0.15) is 0 Å². The van der Waals surface area contributed by atoms with Gasteiger partial charge < -0.3 is 10.1 Å². The summed E-state index contributed by atoms with van der Waals surface area (Å²) in [7, 11) is 0. The quantitative estimate of drug-likeness (QED) is 0.494. The summed E-state index contributed by atoms with van der Waals surface area (Å²) in [6, 6.07) is 10.1.